The molecule has 0 unspecified atom stereocenters. The summed E-state index contributed by atoms with van der Waals surface area (Å²) in [7, 11) is 1.38. The predicted octanol–water partition coefficient (Wildman–Crippen LogP) is 1.20. The van der Waals surface area contributed by atoms with Crippen LogP contribution in [0.15, 0.2) is 24.5 Å². The highest BCUT2D eigenvalue weighted by atomic mass is 32.2. The van der Waals surface area contributed by atoms with Gasteiger partial charge in [-0.05, 0) is 18.6 Å². The van der Waals surface area contributed by atoms with Crippen LogP contribution in [0.1, 0.15) is 16.8 Å². The molecular formula is C13H16N2O3S. The molecule has 1 saturated heterocycles. The second-order valence-electron chi connectivity index (χ2n) is 4.29. The first-order chi connectivity index (χ1) is 9.20. The van der Waals surface area contributed by atoms with Crippen molar-refractivity contribution in [2.75, 3.05) is 26.0 Å². The molecular weight excluding hydrogens is 264 g/mol. The lowest BCUT2D eigenvalue weighted by atomic mass is 10.2. The Balaban J connectivity index is 1.85. The second kappa shape index (κ2) is 6.56. The van der Waals surface area contributed by atoms with Crippen LogP contribution in [-0.4, -0.2) is 53.0 Å². The maximum absolute atomic E-state index is 12.2. The van der Waals surface area contributed by atoms with E-state index in [9.17, 15) is 9.59 Å². The van der Waals surface area contributed by atoms with Gasteiger partial charge in [-0.2, -0.15) is 0 Å². The minimum absolute atomic E-state index is 0.00858. The molecule has 0 bridgehead atoms. The maximum atomic E-state index is 12.2. The van der Waals surface area contributed by atoms with Crippen LogP contribution in [0.25, 0.3) is 0 Å². The van der Waals surface area contributed by atoms with Crippen LogP contribution in [0.3, 0.4) is 0 Å². The first-order valence-electron chi connectivity index (χ1n) is 6.08. The van der Waals surface area contributed by atoms with Gasteiger partial charge >= 0.3 is 5.97 Å². The first-order valence-corrected chi connectivity index (χ1v) is 7.13. The Kier molecular flexibility index (Phi) is 4.79. The van der Waals surface area contributed by atoms with Crippen molar-refractivity contribution in [3.63, 3.8) is 0 Å². The van der Waals surface area contributed by atoms with Gasteiger partial charge in [0, 0.05) is 30.7 Å². The number of hydrogen-bond donors (Lipinski definition) is 0. The standard InChI is InChI=1S/C13H16N2O3S/c1-18-12(16)9-19-11-4-6-15(8-11)13(17)10-3-2-5-14-7-10/h2-3,5,7,11H,4,6,8-9H2,1H3/t11-/m0/s1. The van der Waals surface area contributed by atoms with Crippen molar-refractivity contribution in [2.24, 2.45) is 0 Å². The lowest BCUT2D eigenvalue weighted by Crippen LogP contribution is -2.29. The fourth-order valence-corrected chi connectivity index (χ4v) is 3.01. The fraction of sp³-hybridized carbons (Fsp3) is 0.462. The zero-order chi connectivity index (χ0) is 13.7. The lowest BCUT2D eigenvalue weighted by molar-refractivity contribution is -0.137. The van der Waals surface area contributed by atoms with Crippen molar-refractivity contribution in [3.8, 4) is 0 Å². The van der Waals surface area contributed by atoms with E-state index in [0.29, 0.717) is 23.1 Å². The van der Waals surface area contributed by atoms with E-state index in [0.717, 1.165) is 13.0 Å². The monoisotopic (exact) mass is 280 g/mol. The van der Waals surface area contributed by atoms with E-state index in [1.54, 1.807) is 36.3 Å². The van der Waals surface area contributed by atoms with E-state index in [-0.39, 0.29) is 11.9 Å². The first kappa shape index (κ1) is 13.9. The van der Waals surface area contributed by atoms with Gasteiger partial charge in [0.1, 0.15) is 0 Å². The van der Waals surface area contributed by atoms with Crippen LogP contribution < -0.4 is 0 Å². The average molecular weight is 280 g/mol. The predicted molar refractivity (Wildman–Crippen MR) is 73.0 cm³/mol. The van der Waals surface area contributed by atoms with E-state index >= 15 is 0 Å². The molecule has 0 aromatic carbocycles. The summed E-state index contributed by atoms with van der Waals surface area (Å²) in [6.07, 6.45) is 4.14. The van der Waals surface area contributed by atoms with Crippen molar-refractivity contribution in [1.29, 1.82) is 0 Å². The van der Waals surface area contributed by atoms with Crippen molar-refractivity contribution < 1.29 is 14.3 Å². The molecule has 1 aliphatic heterocycles. The summed E-state index contributed by atoms with van der Waals surface area (Å²) in [5, 5.41) is 0.305. The molecule has 1 atom stereocenters. The normalized spacial score (nSPS) is 18.4. The Morgan fingerprint density at radius 1 is 1.58 bits per heavy atom. The molecule has 6 heteroatoms. The van der Waals surface area contributed by atoms with Crippen LogP contribution >= 0.6 is 11.8 Å². The summed E-state index contributed by atoms with van der Waals surface area (Å²) in [5.41, 5.74) is 0.612. The average Bonchev–Trinajstić information content (AvgIpc) is 2.93. The molecule has 1 fully saturated rings. The van der Waals surface area contributed by atoms with E-state index in [1.165, 1.54) is 7.11 Å². The number of esters is 1. The molecule has 102 valence electrons. The highest BCUT2D eigenvalue weighted by molar-refractivity contribution is 8.00. The third kappa shape index (κ3) is 3.70. The molecule has 0 N–H and O–H groups in total. The summed E-state index contributed by atoms with van der Waals surface area (Å²) >= 11 is 1.55. The number of hydrogen-bond acceptors (Lipinski definition) is 5. The largest absolute Gasteiger partial charge is 0.468 e. The van der Waals surface area contributed by atoms with Gasteiger partial charge in [-0.3, -0.25) is 14.6 Å². The molecule has 1 aromatic heterocycles. The van der Waals surface area contributed by atoms with E-state index in [2.05, 4.69) is 9.72 Å². The Morgan fingerprint density at radius 3 is 3.11 bits per heavy atom. The van der Waals surface area contributed by atoms with Crippen LogP contribution in [0.5, 0.6) is 0 Å². The minimum atomic E-state index is -0.220. The van der Waals surface area contributed by atoms with Crippen molar-refractivity contribution >= 4 is 23.6 Å². The van der Waals surface area contributed by atoms with E-state index in [4.69, 9.17) is 0 Å². The zero-order valence-electron chi connectivity index (χ0n) is 10.7. The van der Waals surface area contributed by atoms with Crippen LogP contribution in [0, 0.1) is 0 Å². The number of thioether (sulfide) groups is 1. The third-order valence-corrected chi connectivity index (χ3v) is 4.26. The highest BCUT2D eigenvalue weighted by Crippen LogP contribution is 2.23. The number of likely N-dealkylation sites (tertiary alicyclic amines) is 1. The molecule has 0 radical (unpaired) electrons. The SMILES string of the molecule is COC(=O)CS[C@H]1CCN(C(=O)c2cccnc2)C1. The van der Waals surface area contributed by atoms with Crippen LogP contribution in [0.4, 0.5) is 0 Å². The Hall–Kier alpha value is -1.56. The summed E-state index contributed by atoms with van der Waals surface area (Å²) < 4.78 is 4.61. The summed E-state index contributed by atoms with van der Waals surface area (Å²) in [5.74, 6) is 0.132. The second-order valence-corrected chi connectivity index (χ2v) is 5.58. The number of methoxy groups -OCH3 is 1. The number of aromatic nitrogens is 1. The Labute approximate surface area is 116 Å². The topological polar surface area (TPSA) is 59.5 Å². The summed E-state index contributed by atoms with van der Waals surface area (Å²) in [4.78, 5) is 29.0. The van der Waals surface area contributed by atoms with Gasteiger partial charge in [0.05, 0.1) is 18.4 Å². The smallest absolute Gasteiger partial charge is 0.315 e. The Bertz CT molecular complexity index is 452. The number of carbonyl (C=O) groups excluding carboxylic acids is 2. The van der Waals surface area contributed by atoms with Gasteiger partial charge in [0.2, 0.25) is 0 Å². The fourth-order valence-electron chi connectivity index (χ4n) is 1.97. The Morgan fingerprint density at radius 2 is 2.42 bits per heavy atom. The van der Waals surface area contributed by atoms with Gasteiger partial charge in [-0.1, -0.05) is 0 Å². The molecule has 0 spiro atoms. The number of pyridine rings is 1. The van der Waals surface area contributed by atoms with Gasteiger partial charge < -0.3 is 9.64 Å². The minimum Gasteiger partial charge on any atom is -0.468 e. The molecule has 19 heavy (non-hydrogen) atoms. The highest BCUT2D eigenvalue weighted by Gasteiger charge is 2.27. The molecule has 0 saturated carbocycles. The number of nitrogens with zero attached hydrogens (tertiary/aromatic N) is 2. The quantitative estimate of drug-likeness (QED) is 0.776. The number of ether oxygens (including phenoxy) is 1. The van der Waals surface area contributed by atoms with Crippen LogP contribution in [0.2, 0.25) is 0 Å². The summed E-state index contributed by atoms with van der Waals surface area (Å²) in [6.45, 7) is 1.40. The zero-order valence-corrected chi connectivity index (χ0v) is 11.6. The van der Waals surface area contributed by atoms with Crippen molar-refractivity contribution in [2.45, 2.75) is 11.7 Å². The molecule has 1 amide bonds. The maximum Gasteiger partial charge on any atom is 0.315 e. The van der Waals surface area contributed by atoms with Gasteiger partial charge in [0.25, 0.3) is 5.91 Å². The van der Waals surface area contributed by atoms with Gasteiger partial charge in [0.15, 0.2) is 0 Å². The number of carbonyl (C=O) groups is 2. The van der Waals surface area contributed by atoms with Crippen molar-refractivity contribution in [3.05, 3.63) is 30.1 Å². The van der Waals surface area contributed by atoms with E-state index < -0.39 is 0 Å². The van der Waals surface area contributed by atoms with Crippen molar-refractivity contribution in [1.82, 2.24) is 9.88 Å². The number of rotatable bonds is 4. The van der Waals surface area contributed by atoms with Gasteiger partial charge in [-0.15, -0.1) is 11.8 Å². The molecule has 5 nitrogen and oxygen atoms in total. The number of amides is 1. The molecule has 0 aliphatic carbocycles. The van der Waals surface area contributed by atoms with E-state index in [1.807, 2.05) is 4.90 Å². The molecule has 1 aliphatic rings. The van der Waals surface area contributed by atoms with Gasteiger partial charge in [-0.25, -0.2) is 0 Å². The molecule has 1 aromatic rings. The van der Waals surface area contributed by atoms with Crippen LogP contribution in [-0.2, 0) is 9.53 Å². The lowest BCUT2D eigenvalue weighted by Gasteiger charge is -2.16. The molecule has 2 rings (SSSR count). The summed E-state index contributed by atoms with van der Waals surface area (Å²) in [6, 6.07) is 3.52. The molecule has 2 heterocycles. The third-order valence-electron chi connectivity index (χ3n) is 3.01.